The Kier molecular flexibility index (Phi) is 5.63. The Hall–Kier alpha value is -1.73. The van der Waals surface area contributed by atoms with E-state index in [0.29, 0.717) is 5.92 Å². The number of nitrogens with one attached hydrogen (secondary N) is 1. The summed E-state index contributed by atoms with van der Waals surface area (Å²) in [6.07, 6.45) is 2.80. The minimum absolute atomic E-state index is 0.382. The van der Waals surface area contributed by atoms with Crippen molar-refractivity contribution in [3.8, 4) is 0 Å². The molecular formula is C17H29N7. The van der Waals surface area contributed by atoms with Gasteiger partial charge in [-0.25, -0.2) is 0 Å². The van der Waals surface area contributed by atoms with Crippen molar-refractivity contribution in [2.75, 3.05) is 51.1 Å². The molecule has 132 valence electrons. The van der Waals surface area contributed by atoms with Gasteiger partial charge in [-0.1, -0.05) is 20.8 Å². The number of rotatable bonds is 7. The quantitative estimate of drug-likeness (QED) is 0.779. The van der Waals surface area contributed by atoms with Crippen LogP contribution in [0.5, 0.6) is 0 Å². The van der Waals surface area contributed by atoms with E-state index in [2.05, 4.69) is 57.3 Å². The maximum absolute atomic E-state index is 4.55. The molecule has 1 aliphatic heterocycles. The minimum Gasteiger partial charge on any atom is -0.382 e. The van der Waals surface area contributed by atoms with Crippen molar-refractivity contribution in [3.63, 3.8) is 0 Å². The number of fused-ring (bicyclic) bond motifs is 1. The molecule has 0 radical (unpaired) electrons. The van der Waals surface area contributed by atoms with Crippen molar-refractivity contribution in [2.45, 2.75) is 33.1 Å². The summed E-state index contributed by atoms with van der Waals surface area (Å²) < 4.78 is 1.77. The molecule has 1 fully saturated rings. The first-order chi connectivity index (χ1) is 11.7. The van der Waals surface area contributed by atoms with Gasteiger partial charge in [-0.3, -0.25) is 0 Å². The van der Waals surface area contributed by atoms with Crippen LogP contribution in [0.3, 0.4) is 0 Å². The number of likely N-dealkylation sites (N-methyl/N-ethyl adjacent to an activating group) is 1. The molecule has 0 spiro atoms. The Labute approximate surface area is 144 Å². The molecule has 24 heavy (non-hydrogen) atoms. The van der Waals surface area contributed by atoms with E-state index in [1.807, 2.05) is 0 Å². The third-order valence-electron chi connectivity index (χ3n) is 4.76. The van der Waals surface area contributed by atoms with Gasteiger partial charge in [0.25, 0.3) is 0 Å². The first-order valence-electron chi connectivity index (χ1n) is 9.07. The molecule has 3 heterocycles. The SMILES string of the molecule is CCN1CCN(CCCNc2cc(C(C)C)nn3cnnc23)CC1. The Morgan fingerprint density at radius 2 is 1.92 bits per heavy atom. The summed E-state index contributed by atoms with van der Waals surface area (Å²) in [5.41, 5.74) is 2.89. The van der Waals surface area contributed by atoms with E-state index in [1.54, 1.807) is 10.8 Å². The summed E-state index contributed by atoms with van der Waals surface area (Å²) in [5.74, 6) is 0.382. The van der Waals surface area contributed by atoms with Crippen LogP contribution in [-0.4, -0.2) is 75.4 Å². The normalized spacial score (nSPS) is 17.0. The lowest BCUT2D eigenvalue weighted by atomic mass is 10.1. The van der Waals surface area contributed by atoms with Crippen LogP contribution in [0, 0.1) is 0 Å². The van der Waals surface area contributed by atoms with Crippen molar-refractivity contribution < 1.29 is 0 Å². The molecule has 0 aliphatic carbocycles. The number of aromatic nitrogens is 4. The van der Waals surface area contributed by atoms with E-state index >= 15 is 0 Å². The van der Waals surface area contributed by atoms with E-state index in [1.165, 1.54) is 32.7 Å². The molecule has 0 saturated carbocycles. The van der Waals surface area contributed by atoms with Crippen LogP contribution in [0.15, 0.2) is 12.4 Å². The fraction of sp³-hybridized carbons (Fsp3) is 0.706. The predicted molar refractivity (Wildman–Crippen MR) is 96.5 cm³/mol. The molecule has 2 aromatic rings. The van der Waals surface area contributed by atoms with Gasteiger partial charge < -0.3 is 15.1 Å². The van der Waals surface area contributed by atoms with E-state index in [4.69, 9.17) is 0 Å². The third kappa shape index (κ3) is 4.02. The molecule has 3 rings (SSSR count). The Morgan fingerprint density at radius 3 is 2.62 bits per heavy atom. The standard InChI is InChI=1S/C17H29N7/c1-4-22-8-10-23(11-9-22)7-5-6-18-16-12-15(14(2)3)21-24-13-19-20-17(16)24/h12-14,18H,4-11H2,1-3H3. The van der Waals surface area contributed by atoms with E-state index < -0.39 is 0 Å². The highest BCUT2D eigenvalue weighted by Gasteiger charge is 2.15. The molecule has 7 heteroatoms. The van der Waals surface area contributed by atoms with Gasteiger partial charge in [-0.05, 0) is 31.5 Å². The Morgan fingerprint density at radius 1 is 1.17 bits per heavy atom. The Bertz CT molecular complexity index is 643. The summed E-state index contributed by atoms with van der Waals surface area (Å²) in [6, 6.07) is 2.11. The summed E-state index contributed by atoms with van der Waals surface area (Å²) in [4.78, 5) is 5.08. The number of nitrogens with zero attached hydrogens (tertiary/aromatic N) is 6. The molecule has 0 atom stereocenters. The van der Waals surface area contributed by atoms with Crippen LogP contribution in [0.25, 0.3) is 5.65 Å². The lowest BCUT2D eigenvalue weighted by molar-refractivity contribution is 0.137. The van der Waals surface area contributed by atoms with Crippen molar-refractivity contribution >= 4 is 11.3 Å². The van der Waals surface area contributed by atoms with E-state index in [-0.39, 0.29) is 0 Å². The number of anilines is 1. The summed E-state index contributed by atoms with van der Waals surface area (Å²) in [7, 11) is 0. The lowest BCUT2D eigenvalue weighted by Gasteiger charge is -2.34. The van der Waals surface area contributed by atoms with Crippen molar-refractivity contribution in [1.82, 2.24) is 29.6 Å². The van der Waals surface area contributed by atoms with Gasteiger partial charge in [0.15, 0.2) is 0 Å². The average molecular weight is 331 g/mol. The smallest absolute Gasteiger partial charge is 0.200 e. The number of piperazine rings is 1. The second-order valence-corrected chi connectivity index (χ2v) is 6.79. The zero-order chi connectivity index (χ0) is 16.9. The molecular weight excluding hydrogens is 302 g/mol. The molecule has 0 bridgehead atoms. The average Bonchev–Trinajstić information content (AvgIpc) is 3.07. The maximum atomic E-state index is 4.55. The molecule has 1 N–H and O–H groups in total. The van der Waals surface area contributed by atoms with Gasteiger partial charge in [0, 0.05) is 32.7 Å². The van der Waals surface area contributed by atoms with Gasteiger partial charge in [-0.2, -0.15) is 9.61 Å². The van der Waals surface area contributed by atoms with E-state index in [0.717, 1.165) is 36.5 Å². The minimum atomic E-state index is 0.382. The summed E-state index contributed by atoms with van der Waals surface area (Å²) in [5, 5.41) is 16.2. The molecule has 0 amide bonds. The summed E-state index contributed by atoms with van der Waals surface area (Å²) >= 11 is 0. The van der Waals surface area contributed by atoms with Gasteiger partial charge in [0.1, 0.15) is 6.33 Å². The molecule has 1 aliphatic rings. The lowest BCUT2D eigenvalue weighted by Crippen LogP contribution is -2.46. The molecule has 7 nitrogen and oxygen atoms in total. The first-order valence-corrected chi connectivity index (χ1v) is 9.07. The first kappa shape index (κ1) is 17.1. The van der Waals surface area contributed by atoms with Crippen LogP contribution >= 0.6 is 0 Å². The van der Waals surface area contributed by atoms with Crippen LogP contribution in [-0.2, 0) is 0 Å². The Balaban J connectivity index is 1.52. The second-order valence-electron chi connectivity index (χ2n) is 6.79. The highest BCUT2D eigenvalue weighted by Crippen LogP contribution is 2.19. The van der Waals surface area contributed by atoms with Gasteiger partial charge in [0.05, 0.1) is 11.4 Å². The molecule has 1 saturated heterocycles. The van der Waals surface area contributed by atoms with Crippen molar-refractivity contribution in [3.05, 3.63) is 18.1 Å². The van der Waals surface area contributed by atoms with Gasteiger partial charge in [-0.15, -0.1) is 10.2 Å². The monoisotopic (exact) mass is 331 g/mol. The van der Waals surface area contributed by atoms with Crippen LogP contribution in [0.2, 0.25) is 0 Å². The van der Waals surface area contributed by atoms with Crippen molar-refractivity contribution in [1.29, 1.82) is 0 Å². The predicted octanol–water partition coefficient (Wildman–Crippen LogP) is 1.69. The van der Waals surface area contributed by atoms with Crippen LogP contribution in [0.1, 0.15) is 38.8 Å². The van der Waals surface area contributed by atoms with Crippen LogP contribution in [0.4, 0.5) is 5.69 Å². The second kappa shape index (κ2) is 7.90. The maximum Gasteiger partial charge on any atom is 0.200 e. The largest absolute Gasteiger partial charge is 0.382 e. The van der Waals surface area contributed by atoms with Gasteiger partial charge in [0.2, 0.25) is 5.65 Å². The van der Waals surface area contributed by atoms with Gasteiger partial charge >= 0.3 is 0 Å². The number of hydrogen-bond donors (Lipinski definition) is 1. The van der Waals surface area contributed by atoms with Crippen molar-refractivity contribution in [2.24, 2.45) is 0 Å². The van der Waals surface area contributed by atoms with Crippen LogP contribution < -0.4 is 5.32 Å². The zero-order valence-corrected chi connectivity index (χ0v) is 15.1. The fourth-order valence-corrected chi connectivity index (χ4v) is 3.11. The molecule has 0 unspecified atom stereocenters. The fourth-order valence-electron chi connectivity index (χ4n) is 3.11. The highest BCUT2D eigenvalue weighted by atomic mass is 15.3. The molecule has 2 aromatic heterocycles. The summed E-state index contributed by atoms with van der Waals surface area (Å²) in [6.45, 7) is 14.6. The van der Waals surface area contributed by atoms with E-state index in [9.17, 15) is 0 Å². The topological polar surface area (TPSA) is 61.6 Å². The zero-order valence-electron chi connectivity index (χ0n) is 15.1. The third-order valence-corrected chi connectivity index (χ3v) is 4.76. The molecule has 0 aromatic carbocycles. The number of hydrogen-bond acceptors (Lipinski definition) is 6. The highest BCUT2D eigenvalue weighted by molar-refractivity contribution is 5.66.